The number of rotatable bonds is 5. The minimum absolute atomic E-state index is 0.0682. The molecular formula is C20H23Cl2N3O3. The summed E-state index contributed by atoms with van der Waals surface area (Å²) in [5, 5.41) is 7.53. The van der Waals surface area contributed by atoms with E-state index in [0.717, 1.165) is 25.9 Å². The third-order valence-electron chi connectivity index (χ3n) is 4.87. The van der Waals surface area contributed by atoms with Crippen LogP contribution in [0.1, 0.15) is 48.2 Å². The van der Waals surface area contributed by atoms with E-state index in [-0.39, 0.29) is 30.3 Å². The lowest BCUT2D eigenvalue weighted by Crippen LogP contribution is -2.35. The molecule has 1 aliphatic rings. The van der Waals surface area contributed by atoms with E-state index in [4.69, 9.17) is 27.7 Å². The first-order valence-corrected chi connectivity index (χ1v) is 10.2. The van der Waals surface area contributed by atoms with E-state index in [2.05, 4.69) is 10.5 Å². The Balaban J connectivity index is 1.67. The first kappa shape index (κ1) is 20.7. The van der Waals surface area contributed by atoms with E-state index >= 15 is 0 Å². The van der Waals surface area contributed by atoms with Crippen LogP contribution < -0.4 is 5.32 Å². The van der Waals surface area contributed by atoms with Crippen LogP contribution in [0.5, 0.6) is 0 Å². The zero-order valence-corrected chi connectivity index (χ0v) is 17.3. The number of nitrogens with zero attached hydrogens (tertiary/aromatic N) is 2. The number of aromatic nitrogens is 1. The lowest BCUT2D eigenvalue weighted by Gasteiger charge is -2.20. The van der Waals surface area contributed by atoms with Crippen molar-refractivity contribution >= 4 is 35.0 Å². The van der Waals surface area contributed by atoms with E-state index in [1.807, 2.05) is 4.90 Å². The van der Waals surface area contributed by atoms with Gasteiger partial charge in [-0.05, 0) is 31.9 Å². The molecule has 1 fully saturated rings. The molecule has 0 aliphatic carbocycles. The first-order valence-electron chi connectivity index (χ1n) is 9.45. The molecule has 0 spiro atoms. The van der Waals surface area contributed by atoms with Gasteiger partial charge in [-0.15, -0.1) is 0 Å². The average Bonchev–Trinajstić information content (AvgIpc) is 2.86. The standard InChI is InChI=1S/C20H23Cl2N3O3/c1-13-17(19(24-28-13)18-14(21)7-6-8-15(18)22)20(27)23-10-9-16(26)25-11-4-2-3-5-12-25/h6-8H,2-5,9-12H2,1H3,(H,23,27). The van der Waals surface area contributed by atoms with Gasteiger partial charge >= 0.3 is 0 Å². The number of carbonyl (C=O) groups excluding carboxylic acids is 2. The molecule has 2 amide bonds. The number of nitrogens with one attached hydrogen (secondary N) is 1. The topological polar surface area (TPSA) is 75.4 Å². The van der Waals surface area contributed by atoms with Gasteiger partial charge < -0.3 is 14.7 Å². The van der Waals surface area contributed by atoms with Crippen molar-refractivity contribution in [3.05, 3.63) is 39.6 Å². The second kappa shape index (κ2) is 9.43. The lowest BCUT2D eigenvalue weighted by atomic mass is 10.1. The predicted octanol–water partition coefficient (Wildman–Crippen LogP) is 4.48. The van der Waals surface area contributed by atoms with Gasteiger partial charge in [-0.2, -0.15) is 0 Å². The van der Waals surface area contributed by atoms with Crippen LogP contribution in [-0.2, 0) is 4.79 Å². The summed E-state index contributed by atoms with van der Waals surface area (Å²) in [6.45, 7) is 3.49. The predicted molar refractivity (Wildman–Crippen MR) is 109 cm³/mol. The van der Waals surface area contributed by atoms with Gasteiger partial charge in [-0.25, -0.2) is 0 Å². The Kier molecular flexibility index (Phi) is 6.97. The number of aryl methyl sites for hydroxylation is 1. The number of likely N-dealkylation sites (tertiary alicyclic amines) is 1. The number of hydrogen-bond donors (Lipinski definition) is 1. The third-order valence-corrected chi connectivity index (χ3v) is 5.50. The summed E-state index contributed by atoms with van der Waals surface area (Å²) < 4.78 is 5.21. The van der Waals surface area contributed by atoms with E-state index in [1.54, 1.807) is 25.1 Å². The maximum absolute atomic E-state index is 12.7. The minimum atomic E-state index is -0.367. The smallest absolute Gasteiger partial charge is 0.257 e. The van der Waals surface area contributed by atoms with Crippen molar-refractivity contribution in [1.82, 2.24) is 15.4 Å². The summed E-state index contributed by atoms with van der Waals surface area (Å²) >= 11 is 12.5. The first-order chi connectivity index (χ1) is 13.5. The Morgan fingerprint density at radius 2 is 1.79 bits per heavy atom. The fourth-order valence-corrected chi connectivity index (χ4v) is 3.96. The van der Waals surface area contributed by atoms with Crippen LogP contribution >= 0.6 is 23.2 Å². The fourth-order valence-electron chi connectivity index (χ4n) is 3.38. The van der Waals surface area contributed by atoms with Crippen molar-refractivity contribution in [3.8, 4) is 11.3 Å². The number of carbonyl (C=O) groups is 2. The van der Waals surface area contributed by atoms with Crippen LogP contribution in [-0.4, -0.2) is 41.5 Å². The second-order valence-corrected chi connectivity index (χ2v) is 7.67. The molecule has 1 aromatic carbocycles. The maximum Gasteiger partial charge on any atom is 0.257 e. The molecule has 28 heavy (non-hydrogen) atoms. The Morgan fingerprint density at radius 3 is 2.43 bits per heavy atom. The highest BCUT2D eigenvalue weighted by atomic mass is 35.5. The molecule has 0 unspecified atom stereocenters. The Morgan fingerprint density at radius 1 is 1.14 bits per heavy atom. The monoisotopic (exact) mass is 423 g/mol. The van der Waals surface area contributed by atoms with Crippen LogP contribution in [0.4, 0.5) is 0 Å². The molecule has 1 aromatic heterocycles. The van der Waals surface area contributed by atoms with Crippen molar-refractivity contribution in [3.63, 3.8) is 0 Å². The molecule has 2 aromatic rings. The summed E-state index contributed by atoms with van der Waals surface area (Å²) in [5.41, 5.74) is 1.02. The average molecular weight is 424 g/mol. The van der Waals surface area contributed by atoms with Crippen LogP contribution in [0.2, 0.25) is 10.0 Å². The molecule has 3 rings (SSSR count). The van der Waals surface area contributed by atoms with E-state index < -0.39 is 0 Å². The van der Waals surface area contributed by atoms with Gasteiger partial charge in [0, 0.05) is 31.6 Å². The molecule has 8 heteroatoms. The van der Waals surface area contributed by atoms with Gasteiger partial charge in [-0.1, -0.05) is 47.3 Å². The fraction of sp³-hybridized carbons (Fsp3) is 0.450. The second-order valence-electron chi connectivity index (χ2n) is 6.86. The zero-order chi connectivity index (χ0) is 20.1. The highest BCUT2D eigenvalue weighted by molar-refractivity contribution is 6.39. The molecule has 6 nitrogen and oxygen atoms in total. The highest BCUT2D eigenvalue weighted by Gasteiger charge is 2.25. The quantitative estimate of drug-likeness (QED) is 0.768. The van der Waals surface area contributed by atoms with Crippen LogP contribution in [0.25, 0.3) is 11.3 Å². The van der Waals surface area contributed by atoms with E-state index in [1.165, 1.54) is 12.8 Å². The Labute approximate surface area is 174 Å². The molecular weight excluding hydrogens is 401 g/mol. The largest absolute Gasteiger partial charge is 0.360 e. The van der Waals surface area contributed by atoms with Gasteiger partial charge in [0.05, 0.1) is 10.0 Å². The Bertz CT molecular complexity index is 838. The lowest BCUT2D eigenvalue weighted by molar-refractivity contribution is -0.131. The summed E-state index contributed by atoms with van der Waals surface area (Å²) in [6, 6.07) is 5.07. The van der Waals surface area contributed by atoms with Crippen molar-refractivity contribution in [2.45, 2.75) is 39.0 Å². The summed E-state index contributed by atoms with van der Waals surface area (Å²) in [4.78, 5) is 27.0. The third kappa shape index (κ3) is 4.67. The van der Waals surface area contributed by atoms with Gasteiger partial charge in [0.25, 0.3) is 5.91 Å². The van der Waals surface area contributed by atoms with E-state index in [9.17, 15) is 9.59 Å². The molecule has 150 valence electrons. The summed E-state index contributed by atoms with van der Waals surface area (Å²) in [7, 11) is 0. The SMILES string of the molecule is Cc1onc(-c2c(Cl)cccc2Cl)c1C(=O)NCCC(=O)N1CCCCCC1. The molecule has 0 atom stereocenters. The summed E-state index contributed by atoms with van der Waals surface area (Å²) in [6.07, 6.45) is 4.68. The highest BCUT2D eigenvalue weighted by Crippen LogP contribution is 2.36. The maximum atomic E-state index is 12.7. The minimum Gasteiger partial charge on any atom is -0.360 e. The van der Waals surface area contributed by atoms with Gasteiger partial charge in [0.15, 0.2) is 0 Å². The van der Waals surface area contributed by atoms with Crippen molar-refractivity contribution in [2.24, 2.45) is 0 Å². The molecule has 1 aliphatic heterocycles. The summed E-state index contributed by atoms with van der Waals surface area (Å²) in [5.74, 6) is 0.0642. The number of halogens is 2. The zero-order valence-electron chi connectivity index (χ0n) is 15.8. The molecule has 0 radical (unpaired) electrons. The van der Waals surface area contributed by atoms with Crippen LogP contribution in [0, 0.1) is 6.92 Å². The van der Waals surface area contributed by atoms with Crippen molar-refractivity contribution < 1.29 is 14.1 Å². The number of hydrogen-bond acceptors (Lipinski definition) is 4. The molecule has 2 heterocycles. The number of benzene rings is 1. The molecule has 1 saturated heterocycles. The number of amides is 2. The van der Waals surface area contributed by atoms with Crippen LogP contribution in [0.15, 0.2) is 22.7 Å². The van der Waals surface area contributed by atoms with Crippen molar-refractivity contribution in [2.75, 3.05) is 19.6 Å². The Hall–Kier alpha value is -2.05. The van der Waals surface area contributed by atoms with Crippen LogP contribution in [0.3, 0.4) is 0 Å². The van der Waals surface area contributed by atoms with Gasteiger partial charge in [0.2, 0.25) is 5.91 Å². The van der Waals surface area contributed by atoms with Gasteiger partial charge in [-0.3, -0.25) is 9.59 Å². The normalized spacial score (nSPS) is 14.6. The molecule has 0 saturated carbocycles. The van der Waals surface area contributed by atoms with E-state index in [0.29, 0.717) is 27.1 Å². The van der Waals surface area contributed by atoms with Crippen molar-refractivity contribution in [1.29, 1.82) is 0 Å². The van der Waals surface area contributed by atoms with Gasteiger partial charge in [0.1, 0.15) is 17.0 Å². The molecule has 1 N–H and O–H groups in total. The molecule has 0 bridgehead atoms.